The molecule has 2 rings (SSSR count). The Kier molecular flexibility index (Phi) is 6.31. The molecule has 0 saturated heterocycles. The van der Waals surface area contributed by atoms with Crippen LogP contribution < -0.4 is 10.1 Å². The van der Waals surface area contributed by atoms with E-state index in [4.69, 9.17) is 9.84 Å². The second-order valence-electron chi connectivity index (χ2n) is 5.31. The number of carbonyl (C=O) groups excluding carboxylic acids is 1. The number of aliphatic carboxylic acids is 1. The van der Waals surface area contributed by atoms with Gasteiger partial charge in [0.25, 0.3) is 5.91 Å². The van der Waals surface area contributed by atoms with E-state index >= 15 is 0 Å². The van der Waals surface area contributed by atoms with Crippen molar-refractivity contribution in [2.75, 3.05) is 0 Å². The number of hydrogen-bond donors (Lipinski definition) is 2. The van der Waals surface area contributed by atoms with E-state index in [0.717, 1.165) is 12.8 Å². The van der Waals surface area contributed by atoms with Crippen LogP contribution in [-0.2, 0) is 4.79 Å². The lowest BCUT2D eigenvalue weighted by molar-refractivity contribution is -0.139. The van der Waals surface area contributed by atoms with Crippen LogP contribution in [0.5, 0.6) is 11.6 Å². The first kappa shape index (κ1) is 17.5. The summed E-state index contributed by atoms with van der Waals surface area (Å²) in [5.74, 6) is -0.489. The Labute approximate surface area is 140 Å². The maximum absolute atomic E-state index is 12.1. The lowest BCUT2D eigenvalue weighted by atomic mass is 10.1. The molecule has 0 aliphatic rings. The van der Waals surface area contributed by atoms with Gasteiger partial charge in [-0.05, 0) is 24.6 Å². The number of nitrogens with one attached hydrogen (secondary N) is 1. The highest BCUT2D eigenvalue weighted by Crippen LogP contribution is 2.18. The van der Waals surface area contributed by atoms with Crippen molar-refractivity contribution >= 4 is 11.9 Å². The van der Waals surface area contributed by atoms with Crippen molar-refractivity contribution in [1.29, 1.82) is 0 Å². The number of benzene rings is 1. The van der Waals surface area contributed by atoms with Gasteiger partial charge in [-0.3, -0.25) is 4.79 Å². The molecule has 2 N–H and O–H groups in total. The normalized spacial score (nSPS) is 11.5. The Morgan fingerprint density at radius 1 is 1.21 bits per heavy atom. The van der Waals surface area contributed by atoms with Crippen molar-refractivity contribution in [3.63, 3.8) is 0 Å². The summed E-state index contributed by atoms with van der Waals surface area (Å²) in [4.78, 5) is 27.4. The van der Waals surface area contributed by atoms with E-state index in [1.807, 2.05) is 25.1 Å². The highest BCUT2D eigenvalue weighted by Gasteiger charge is 2.20. The van der Waals surface area contributed by atoms with Crippen LogP contribution in [0.3, 0.4) is 0 Å². The van der Waals surface area contributed by atoms with E-state index in [2.05, 4.69) is 10.3 Å². The van der Waals surface area contributed by atoms with Gasteiger partial charge in [-0.1, -0.05) is 38.0 Å². The molecule has 0 aliphatic heterocycles. The molecule has 24 heavy (non-hydrogen) atoms. The zero-order valence-corrected chi connectivity index (χ0v) is 13.4. The number of aromatic nitrogens is 1. The van der Waals surface area contributed by atoms with Crippen molar-refractivity contribution in [2.45, 2.75) is 32.2 Å². The fraction of sp³-hybridized carbons (Fsp3) is 0.278. The highest BCUT2D eigenvalue weighted by molar-refractivity contribution is 5.96. The monoisotopic (exact) mass is 328 g/mol. The zero-order valence-electron chi connectivity index (χ0n) is 13.4. The summed E-state index contributed by atoms with van der Waals surface area (Å²) in [5.41, 5.74) is 0.290. The van der Waals surface area contributed by atoms with Crippen LogP contribution in [0.2, 0.25) is 0 Å². The molecule has 6 heteroatoms. The van der Waals surface area contributed by atoms with Gasteiger partial charge in [-0.15, -0.1) is 0 Å². The van der Waals surface area contributed by atoms with Crippen molar-refractivity contribution in [3.05, 3.63) is 54.2 Å². The van der Waals surface area contributed by atoms with E-state index in [9.17, 15) is 9.59 Å². The van der Waals surface area contributed by atoms with Gasteiger partial charge in [0.2, 0.25) is 5.88 Å². The van der Waals surface area contributed by atoms with Crippen LogP contribution >= 0.6 is 0 Å². The minimum Gasteiger partial charge on any atom is -0.480 e. The Hall–Kier alpha value is -2.89. The molecule has 0 radical (unpaired) electrons. The third kappa shape index (κ3) is 5.08. The van der Waals surface area contributed by atoms with Crippen LogP contribution in [0.1, 0.15) is 36.5 Å². The number of nitrogens with zero attached hydrogens (tertiary/aromatic N) is 1. The van der Waals surface area contributed by atoms with Gasteiger partial charge in [0, 0.05) is 12.3 Å². The first-order chi connectivity index (χ1) is 11.6. The van der Waals surface area contributed by atoms with Crippen LogP contribution in [-0.4, -0.2) is 28.0 Å². The Bertz CT molecular complexity index is 671. The van der Waals surface area contributed by atoms with Crippen molar-refractivity contribution in [2.24, 2.45) is 0 Å². The first-order valence-electron chi connectivity index (χ1n) is 7.82. The van der Waals surface area contributed by atoms with Gasteiger partial charge in [0.1, 0.15) is 11.8 Å². The molecular formula is C18H20N2O4. The number of ether oxygens (including phenoxy) is 1. The van der Waals surface area contributed by atoms with Crippen molar-refractivity contribution in [3.8, 4) is 11.6 Å². The summed E-state index contributed by atoms with van der Waals surface area (Å²) in [6.45, 7) is 1.97. The molecule has 2 aromatic rings. The highest BCUT2D eigenvalue weighted by atomic mass is 16.5. The third-order valence-corrected chi connectivity index (χ3v) is 3.41. The van der Waals surface area contributed by atoms with Gasteiger partial charge in [-0.25, -0.2) is 9.78 Å². The number of hydrogen-bond acceptors (Lipinski definition) is 4. The van der Waals surface area contributed by atoms with Crippen LogP contribution in [0.25, 0.3) is 0 Å². The summed E-state index contributed by atoms with van der Waals surface area (Å²) < 4.78 is 5.55. The average Bonchev–Trinajstić information content (AvgIpc) is 2.59. The molecule has 0 spiro atoms. The number of unbranched alkanes of at least 4 members (excludes halogenated alkanes) is 1. The number of carboxylic acid groups (broad SMARTS) is 1. The van der Waals surface area contributed by atoms with Crippen LogP contribution in [0, 0.1) is 0 Å². The van der Waals surface area contributed by atoms with Gasteiger partial charge >= 0.3 is 5.97 Å². The van der Waals surface area contributed by atoms with E-state index in [1.54, 1.807) is 24.3 Å². The summed E-state index contributed by atoms with van der Waals surface area (Å²) in [6.07, 6.45) is 3.37. The number of rotatable bonds is 8. The molecule has 1 amide bonds. The van der Waals surface area contributed by atoms with Crippen molar-refractivity contribution in [1.82, 2.24) is 10.3 Å². The van der Waals surface area contributed by atoms with Crippen molar-refractivity contribution < 1.29 is 19.4 Å². The summed E-state index contributed by atoms with van der Waals surface area (Å²) >= 11 is 0. The molecule has 0 aliphatic carbocycles. The smallest absolute Gasteiger partial charge is 0.326 e. The maximum Gasteiger partial charge on any atom is 0.326 e. The predicted octanol–water partition coefficient (Wildman–Crippen LogP) is 3.25. The number of carboxylic acids is 1. The lowest BCUT2D eigenvalue weighted by Crippen LogP contribution is -2.40. The minimum absolute atomic E-state index is 0.290. The SMILES string of the molecule is CCCCC(NC(=O)c1ccc(Oc2ccccc2)nc1)C(=O)O. The number of amides is 1. The molecule has 6 nitrogen and oxygen atoms in total. The molecule has 0 bridgehead atoms. The van der Waals surface area contributed by atoms with Crippen LogP contribution in [0.4, 0.5) is 0 Å². The van der Waals surface area contributed by atoms with Crippen LogP contribution in [0.15, 0.2) is 48.7 Å². The zero-order chi connectivity index (χ0) is 17.4. The van der Waals surface area contributed by atoms with Gasteiger partial charge in [0.15, 0.2) is 0 Å². The predicted molar refractivity (Wildman–Crippen MR) is 89.2 cm³/mol. The van der Waals surface area contributed by atoms with Gasteiger partial charge in [-0.2, -0.15) is 0 Å². The third-order valence-electron chi connectivity index (χ3n) is 3.41. The van der Waals surface area contributed by atoms with E-state index in [-0.39, 0.29) is 5.56 Å². The molecule has 126 valence electrons. The number of para-hydroxylation sites is 1. The molecule has 1 heterocycles. The average molecular weight is 328 g/mol. The molecule has 1 unspecified atom stereocenters. The molecule has 1 aromatic heterocycles. The van der Waals surface area contributed by atoms with E-state index < -0.39 is 17.9 Å². The summed E-state index contributed by atoms with van der Waals surface area (Å²) in [6, 6.07) is 11.4. The first-order valence-corrected chi connectivity index (χ1v) is 7.82. The fourth-order valence-corrected chi connectivity index (χ4v) is 2.09. The largest absolute Gasteiger partial charge is 0.480 e. The molecule has 0 saturated carbocycles. The van der Waals surface area contributed by atoms with E-state index in [0.29, 0.717) is 18.1 Å². The molecule has 1 atom stereocenters. The molecule has 1 aromatic carbocycles. The topological polar surface area (TPSA) is 88.5 Å². The summed E-state index contributed by atoms with van der Waals surface area (Å²) in [5, 5.41) is 11.7. The number of carbonyl (C=O) groups is 2. The summed E-state index contributed by atoms with van der Waals surface area (Å²) in [7, 11) is 0. The van der Waals surface area contributed by atoms with Gasteiger partial charge in [0.05, 0.1) is 5.56 Å². The Morgan fingerprint density at radius 3 is 2.54 bits per heavy atom. The fourth-order valence-electron chi connectivity index (χ4n) is 2.09. The second-order valence-corrected chi connectivity index (χ2v) is 5.31. The molecule has 0 fully saturated rings. The standard InChI is InChI=1S/C18H20N2O4/c1-2-3-9-15(18(22)23)20-17(21)13-10-11-16(19-12-13)24-14-7-5-4-6-8-14/h4-8,10-12,15H,2-3,9H2,1H3,(H,20,21)(H,22,23). The minimum atomic E-state index is -1.03. The number of pyridine rings is 1. The van der Waals surface area contributed by atoms with Gasteiger partial charge < -0.3 is 15.2 Å². The second kappa shape index (κ2) is 8.67. The maximum atomic E-state index is 12.1. The van der Waals surface area contributed by atoms with E-state index in [1.165, 1.54) is 6.20 Å². The quantitative estimate of drug-likeness (QED) is 0.776. The Morgan fingerprint density at radius 2 is 1.96 bits per heavy atom. The molecular weight excluding hydrogens is 308 g/mol. The lowest BCUT2D eigenvalue weighted by Gasteiger charge is -2.14. The Balaban J connectivity index is 1.98.